The highest BCUT2D eigenvalue weighted by Gasteiger charge is 2.27. The van der Waals surface area contributed by atoms with Gasteiger partial charge in [-0.15, -0.1) is 0 Å². The van der Waals surface area contributed by atoms with Gasteiger partial charge in [-0.2, -0.15) is 0 Å². The Balaban J connectivity index is 1.85. The molecule has 2 aromatic carbocycles. The number of nitrogens with zero attached hydrogens (tertiary/aromatic N) is 1. The number of aromatic hydroxyl groups is 1. The highest BCUT2D eigenvalue weighted by Crippen LogP contribution is 2.24. The van der Waals surface area contributed by atoms with Gasteiger partial charge in [-0.3, -0.25) is 4.79 Å². The number of ether oxygens (including phenoxy) is 1. The van der Waals surface area contributed by atoms with E-state index in [0.29, 0.717) is 11.3 Å². The standard InChI is InChI=1S/C19H16N2O5/c1-12-11-16(21-26-12)20-18(23)17(13-7-3-2-4-8-13)25-19(24)14-9-5-6-10-15(14)22/h2-11,17,22H,1H3,(H,20,21,23)/t17-/m1/s1. The number of carbonyl (C=O) groups excluding carboxylic acids is 2. The summed E-state index contributed by atoms with van der Waals surface area (Å²) in [6, 6.07) is 16.1. The van der Waals surface area contributed by atoms with Gasteiger partial charge < -0.3 is 19.7 Å². The second kappa shape index (κ2) is 7.52. The minimum absolute atomic E-state index is 0.0292. The van der Waals surface area contributed by atoms with Crippen molar-refractivity contribution in [2.75, 3.05) is 5.32 Å². The summed E-state index contributed by atoms with van der Waals surface area (Å²) in [5, 5.41) is 16.1. The molecule has 3 rings (SSSR count). The SMILES string of the molecule is Cc1cc(NC(=O)[C@H](OC(=O)c2ccccc2O)c2ccccc2)no1. The van der Waals surface area contributed by atoms with Crippen molar-refractivity contribution in [3.8, 4) is 5.75 Å². The number of rotatable bonds is 5. The van der Waals surface area contributed by atoms with Crippen LogP contribution in [0.25, 0.3) is 0 Å². The third kappa shape index (κ3) is 3.89. The zero-order valence-electron chi connectivity index (χ0n) is 13.9. The predicted molar refractivity (Wildman–Crippen MR) is 92.6 cm³/mol. The molecule has 132 valence electrons. The maximum Gasteiger partial charge on any atom is 0.343 e. The Morgan fingerprint density at radius 2 is 1.81 bits per heavy atom. The van der Waals surface area contributed by atoms with Crippen molar-refractivity contribution < 1.29 is 24.0 Å². The van der Waals surface area contributed by atoms with Gasteiger partial charge in [0.05, 0.1) is 0 Å². The van der Waals surface area contributed by atoms with Gasteiger partial charge in [-0.1, -0.05) is 47.6 Å². The van der Waals surface area contributed by atoms with Crippen molar-refractivity contribution in [2.24, 2.45) is 0 Å². The molecule has 0 aliphatic heterocycles. The molecule has 0 aliphatic rings. The second-order valence-electron chi connectivity index (χ2n) is 5.53. The van der Waals surface area contributed by atoms with Crippen LogP contribution in [-0.4, -0.2) is 22.1 Å². The second-order valence-corrected chi connectivity index (χ2v) is 5.53. The lowest BCUT2D eigenvalue weighted by Crippen LogP contribution is -2.26. The molecule has 0 saturated heterocycles. The van der Waals surface area contributed by atoms with E-state index in [4.69, 9.17) is 9.26 Å². The lowest BCUT2D eigenvalue weighted by atomic mass is 10.1. The van der Waals surface area contributed by atoms with E-state index in [1.807, 2.05) is 0 Å². The van der Waals surface area contributed by atoms with Crippen LogP contribution in [0.15, 0.2) is 65.2 Å². The fraction of sp³-hybridized carbons (Fsp3) is 0.105. The number of aryl methyl sites for hydroxylation is 1. The van der Waals surface area contributed by atoms with E-state index >= 15 is 0 Å². The lowest BCUT2D eigenvalue weighted by molar-refractivity contribution is -0.125. The van der Waals surface area contributed by atoms with E-state index in [-0.39, 0.29) is 17.1 Å². The van der Waals surface area contributed by atoms with Crippen LogP contribution in [0.4, 0.5) is 5.82 Å². The third-order valence-corrected chi connectivity index (χ3v) is 3.57. The number of benzene rings is 2. The van der Waals surface area contributed by atoms with Gasteiger partial charge in [0.15, 0.2) is 5.82 Å². The van der Waals surface area contributed by atoms with E-state index in [0.717, 1.165) is 0 Å². The average molecular weight is 352 g/mol. The summed E-state index contributed by atoms with van der Waals surface area (Å²) in [6.45, 7) is 1.69. The number of amides is 1. The first-order valence-corrected chi connectivity index (χ1v) is 7.82. The van der Waals surface area contributed by atoms with Crippen molar-refractivity contribution in [3.05, 3.63) is 77.6 Å². The highest BCUT2D eigenvalue weighted by atomic mass is 16.5. The molecule has 7 nitrogen and oxygen atoms in total. The number of nitrogens with one attached hydrogen (secondary N) is 1. The normalized spacial score (nSPS) is 11.6. The number of hydrogen-bond donors (Lipinski definition) is 2. The maximum atomic E-state index is 12.6. The fourth-order valence-electron chi connectivity index (χ4n) is 2.33. The minimum atomic E-state index is -1.22. The quantitative estimate of drug-likeness (QED) is 0.684. The summed E-state index contributed by atoms with van der Waals surface area (Å²) < 4.78 is 10.3. The van der Waals surface area contributed by atoms with E-state index in [9.17, 15) is 14.7 Å². The zero-order valence-corrected chi connectivity index (χ0v) is 13.9. The van der Waals surface area contributed by atoms with Crippen LogP contribution < -0.4 is 5.32 Å². The maximum absolute atomic E-state index is 12.6. The van der Waals surface area contributed by atoms with Crippen molar-refractivity contribution >= 4 is 17.7 Å². The third-order valence-electron chi connectivity index (χ3n) is 3.57. The first kappa shape index (κ1) is 17.2. The zero-order chi connectivity index (χ0) is 18.5. The van der Waals surface area contributed by atoms with E-state index in [2.05, 4.69) is 10.5 Å². The van der Waals surface area contributed by atoms with E-state index < -0.39 is 18.0 Å². The molecule has 0 radical (unpaired) electrons. The molecule has 0 unspecified atom stereocenters. The molecule has 0 spiro atoms. The Hall–Kier alpha value is -3.61. The number of carbonyl (C=O) groups is 2. The molecule has 3 aromatic rings. The molecule has 1 aromatic heterocycles. The Morgan fingerprint density at radius 3 is 2.46 bits per heavy atom. The number of esters is 1. The van der Waals surface area contributed by atoms with Crippen LogP contribution in [0.5, 0.6) is 5.75 Å². The minimum Gasteiger partial charge on any atom is -0.507 e. The van der Waals surface area contributed by atoms with Gasteiger partial charge in [0.1, 0.15) is 17.1 Å². The van der Waals surface area contributed by atoms with Crippen LogP contribution in [0, 0.1) is 6.92 Å². The molecular weight excluding hydrogens is 336 g/mol. The number of para-hydroxylation sites is 1. The van der Waals surface area contributed by atoms with Gasteiger partial charge in [-0.05, 0) is 19.1 Å². The summed E-state index contributed by atoms with van der Waals surface area (Å²) in [5.41, 5.74) is 0.451. The number of aromatic nitrogens is 1. The summed E-state index contributed by atoms with van der Waals surface area (Å²) in [7, 11) is 0. The molecule has 1 heterocycles. The van der Waals surface area contributed by atoms with Crippen molar-refractivity contribution in [3.63, 3.8) is 0 Å². The fourth-order valence-corrected chi connectivity index (χ4v) is 2.33. The molecule has 1 atom stereocenters. The molecule has 0 fully saturated rings. The number of phenolic OH excluding ortho intramolecular Hbond substituents is 1. The Kier molecular flexibility index (Phi) is 4.98. The monoisotopic (exact) mass is 352 g/mol. The van der Waals surface area contributed by atoms with Crippen LogP contribution in [0.3, 0.4) is 0 Å². The summed E-state index contributed by atoms with van der Waals surface area (Å²) >= 11 is 0. The smallest absolute Gasteiger partial charge is 0.343 e. The molecule has 26 heavy (non-hydrogen) atoms. The predicted octanol–water partition coefficient (Wildman–Crippen LogP) is 3.23. The lowest BCUT2D eigenvalue weighted by Gasteiger charge is -2.17. The molecule has 0 saturated carbocycles. The summed E-state index contributed by atoms with van der Waals surface area (Å²) in [5.74, 6) is -0.886. The van der Waals surface area contributed by atoms with Crippen LogP contribution in [-0.2, 0) is 9.53 Å². The van der Waals surface area contributed by atoms with E-state index in [1.54, 1.807) is 55.5 Å². The summed E-state index contributed by atoms with van der Waals surface area (Å²) in [4.78, 5) is 25.1. The van der Waals surface area contributed by atoms with Crippen molar-refractivity contribution in [2.45, 2.75) is 13.0 Å². The molecular formula is C19H16N2O5. The van der Waals surface area contributed by atoms with Crippen molar-refractivity contribution in [1.29, 1.82) is 0 Å². The first-order valence-electron chi connectivity index (χ1n) is 7.82. The molecule has 0 bridgehead atoms. The van der Waals surface area contributed by atoms with Crippen molar-refractivity contribution in [1.82, 2.24) is 5.16 Å². The van der Waals surface area contributed by atoms with Gasteiger partial charge in [0, 0.05) is 11.6 Å². The molecule has 2 N–H and O–H groups in total. The Morgan fingerprint density at radius 1 is 1.12 bits per heavy atom. The Bertz CT molecular complexity index is 920. The molecule has 0 aliphatic carbocycles. The number of hydrogen-bond acceptors (Lipinski definition) is 6. The Labute approximate surface area is 149 Å². The van der Waals surface area contributed by atoms with E-state index in [1.165, 1.54) is 12.1 Å². The van der Waals surface area contributed by atoms with Gasteiger partial charge >= 0.3 is 5.97 Å². The van der Waals surface area contributed by atoms with Crippen LogP contribution in [0.1, 0.15) is 27.8 Å². The number of phenols is 1. The average Bonchev–Trinajstić information content (AvgIpc) is 3.05. The van der Waals surface area contributed by atoms with Crippen LogP contribution >= 0.6 is 0 Å². The topological polar surface area (TPSA) is 102 Å². The number of anilines is 1. The first-order chi connectivity index (χ1) is 12.5. The van der Waals surface area contributed by atoms with Gasteiger partial charge in [-0.25, -0.2) is 4.79 Å². The van der Waals surface area contributed by atoms with Gasteiger partial charge in [0.2, 0.25) is 6.10 Å². The van der Waals surface area contributed by atoms with Crippen LogP contribution in [0.2, 0.25) is 0 Å². The molecule has 1 amide bonds. The summed E-state index contributed by atoms with van der Waals surface area (Å²) in [6.07, 6.45) is -1.22. The largest absolute Gasteiger partial charge is 0.507 e. The highest BCUT2D eigenvalue weighted by molar-refractivity contribution is 5.98. The van der Waals surface area contributed by atoms with Gasteiger partial charge in [0.25, 0.3) is 5.91 Å². The molecule has 7 heteroatoms.